The number of benzene rings is 3. The molecule has 0 amide bonds. The van der Waals surface area contributed by atoms with Gasteiger partial charge in [-0.25, -0.2) is 9.78 Å². The third-order valence-corrected chi connectivity index (χ3v) is 6.48. The second kappa shape index (κ2) is 11.3. The lowest BCUT2D eigenvalue weighted by Gasteiger charge is -2.14. The zero-order valence-electron chi connectivity index (χ0n) is 20.5. The van der Waals surface area contributed by atoms with Gasteiger partial charge >= 0.3 is 11.7 Å². The first kappa shape index (κ1) is 26.7. The summed E-state index contributed by atoms with van der Waals surface area (Å²) in [7, 11) is 0. The minimum Gasteiger partial charge on any atom is -0.482 e. The summed E-state index contributed by atoms with van der Waals surface area (Å²) in [4.78, 5) is 40.1. The first-order chi connectivity index (χ1) is 18.2. The Kier molecular flexibility index (Phi) is 7.96. The van der Waals surface area contributed by atoms with E-state index in [1.54, 1.807) is 30.3 Å². The molecule has 1 atom stereocenters. The molecule has 0 aliphatic rings. The molecule has 0 saturated carbocycles. The molecule has 1 N–H and O–H groups in total. The highest BCUT2D eigenvalue weighted by Gasteiger charge is 2.18. The zero-order chi connectivity index (χ0) is 27.4. The van der Waals surface area contributed by atoms with Crippen LogP contribution in [0.4, 0.5) is 5.69 Å². The molecule has 0 bridgehead atoms. The Hall–Kier alpha value is -4.38. The Labute approximate surface area is 225 Å². The fraction of sp³-hybridized carbons (Fsp3) is 0.185. The predicted octanol–water partition coefficient (Wildman–Crippen LogP) is 5.74. The largest absolute Gasteiger partial charge is 0.482 e. The molecule has 0 unspecified atom stereocenters. The van der Waals surface area contributed by atoms with Crippen LogP contribution in [0.25, 0.3) is 10.9 Å². The molecule has 0 saturated heterocycles. The van der Waals surface area contributed by atoms with Crippen molar-refractivity contribution in [2.24, 2.45) is 5.10 Å². The molecule has 0 radical (unpaired) electrons. The van der Waals surface area contributed by atoms with Crippen LogP contribution in [0.15, 0.2) is 75.0 Å². The van der Waals surface area contributed by atoms with Gasteiger partial charge in [0.05, 0.1) is 27.6 Å². The Bertz CT molecular complexity index is 1610. The Balaban J connectivity index is 1.65. The third-order valence-electron chi connectivity index (χ3n) is 5.98. The van der Waals surface area contributed by atoms with Crippen LogP contribution in [0.1, 0.15) is 53.5 Å². The maximum absolute atomic E-state index is 13.3. The van der Waals surface area contributed by atoms with Crippen molar-refractivity contribution in [2.45, 2.75) is 32.8 Å². The van der Waals surface area contributed by atoms with E-state index in [-0.39, 0.29) is 35.1 Å². The highest BCUT2D eigenvalue weighted by molar-refractivity contribution is 9.10. The monoisotopic (exact) mass is 578 g/mol. The predicted molar refractivity (Wildman–Crippen MR) is 146 cm³/mol. The van der Waals surface area contributed by atoms with E-state index in [9.17, 15) is 19.7 Å². The lowest BCUT2D eigenvalue weighted by molar-refractivity contribution is -0.385. The minimum atomic E-state index is -1.05. The normalized spacial score (nSPS) is 12.1. The van der Waals surface area contributed by atoms with E-state index in [0.717, 1.165) is 10.9 Å². The average Bonchev–Trinajstić information content (AvgIpc) is 2.91. The molecule has 0 spiro atoms. The number of nitrogens with zero attached hydrogens (tertiary/aromatic N) is 4. The molecular formula is C27H23BrN4O6. The molecular weight excluding hydrogens is 556 g/mol. The van der Waals surface area contributed by atoms with E-state index in [4.69, 9.17) is 9.84 Å². The van der Waals surface area contributed by atoms with Crippen molar-refractivity contribution >= 4 is 44.7 Å². The number of carboxylic acids is 1. The minimum absolute atomic E-state index is 0.0140. The number of halogens is 1. The molecule has 4 rings (SSSR count). The lowest BCUT2D eigenvalue weighted by atomic mass is 10.1. The highest BCUT2D eigenvalue weighted by Crippen LogP contribution is 2.28. The molecule has 0 aliphatic carbocycles. The summed E-state index contributed by atoms with van der Waals surface area (Å²) < 4.78 is 7.61. The average molecular weight is 579 g/mol. The zero-order valence-corrected chi connectivity index (χ0v) is 22.1. The number of carboxylic acid groups (broad SMARTS) is 1. The molecule has 4 aromatic rings. The standard InChI is InChI=1S/C27H23BrN4O6/c1-3-16(2)25-30-22-10-9-20(28)13-21(22)26(33)31(25)29-14-18-6-11-24(23(12-18)32(36)37)38-15-17-4-7-19(8-5-17)27(34)35/h4-14,16H,3,15H2,1-2H3,(H,34,35)/t16-/m1/s1. The second-order valence-electron chi connectivity index (χ2n) is 8.58. The van der Waals surface area contributed by atoms with Crippen LogP contribution >= 0.6 is 15.9 Å². The summed E-state index contributed by atoms with van der Waals surface area (Å²) in [5.74, 6) is -0.560. The summed E-state index contributed by atoms with van der Waals surface area (Å²) >= 11 is 3.38. The quantitative estimate of drug-likeness (QED) is 0.152. The molecule has 1 aromatic heterocycles. The first-order valence-electron chi connectivity index (χ1n) is 11.7. The van der Waals surface area contributed by atoms with Crippen LogP contribution in [0.3, 0.4) is 0 Å². The van der Waals surface area contributed by atoms with Crippen molar-refractivity contribution in [1.29, 1.82) is 0 Å². The second-order valence-corrected chi connectivity index (χ2v) is 9.49. The number of hydrogen-bond donors (Lipinski definition) is 1. The SMILES string of the molecule is CC[C@@H](C)c1nc2ccc(Br)cc2c(=O)n1N=Cc1ccc(OCc2ccc(C(=O)O)cc2)c([N+](=O)[O-])c1. The Morgan fingerprint density at radius 1 is 1.21 bits per heavy atom. The highest BCUT2D eigenvalue weighted by atomic mass is 79.9. The van der Waals surface area contributed by atoms with Gasteiger partial charge in [0.1, 0.15) is 12.4 Å². The van der Waals surface area contributed by atoms with Crippen molar-refractivity contribution < 1.29 is 19.6 Å². The van der Waals surface area contributed by atoms with E-state index in [2.05, 4.69) is 26.0 Å². The Morgan fingerprint density at radius 2 is 1.95 bits per heavy atom. The van der Waals surface area contributed by atoms with Crippen LogP contribution in [0.2, 0.25) is 0 Å². The number of fused-ring (bicyclic) bond motifs is 1. The van der Waals surface area contributed by atoms with Crippen LogP contribution in [-0.2, 0) is 6.61 Å². The van der Waals surface area contributed by atoms with Gasteiger partial charge in [-0.1, -0.05) is 41.9 Å². The smallest absolute Gasteiger partial charge is 0.335 e. The molecule has 0 aliphatic heterocycles. The van der Waals surface area contributed by atoms with E-state index < -0.39 is 10.9 Å². The van der Waals surface area contributed by atoms with Crippen LogP contribution < -0.4 is 10.3 Å². The summed E-state index contributed by atoms with van der Waals surface area (Å²) in [6.45, 7) is 3.95. The summed E-state index contributed by atoms with van der Waals surface area (Å²) in [6, 6.07) is 15.7. The number of nitro benzene ring substituents is 1. The number of ether oxygens (including phenoxy) is 1. The molecule has 10 nitrogen and oxygen atoms in total. The summed E-state index contributed by atoms with van der Waals surface area (Å²) in [6.07, 6.45) is 2.11. The molecule has 38 heavy (non-hydrogen) atoms. The number of aromatic carboxylic acids is 1. The number of aromatic nitrogens is 2. The van der Waals surface area contributed by atoms with Crippen molar-refractivity contribution in [3.8, 4) is 5.75 Å². The van der Waals surface area contributed by atoms with Crippen molar-refractivity contribution in [3.05, 3.63) is 108 Å². The van der Waals surface area contributed by atoms with Gasteiger partial charge in [-0.15, -0.1) is 0 Å². The molecule has 194 valence electrons. The first-order valence-corrected chi connectivity index (χ1v) is 12.5. The summed E-state index contributed by atoms with van der Waals surface area (Å²) in [5.41, 5.74) is 1.13. The van der Waals surface area contributed by atoms with E-state index in [0.29, 0.717) is 27.9 Å². The molecule has 0 fully saturated rings. The number of nitro groups is 1. The fourth-order valence-electron chi connectivity index (χ4n) is 3.69. The maximum Gasteiger partial charge on any atom is 0.335 e. The fourth-order valence-corrected chi connectivity index (χ4v) is 4.05. The number of carbonyl (C=O) groups is 1. The van der Waals surface area contributed by atoms with Crippen LogP contribution in [0, 0.1) is 10.1 Å². The molecule has 3 aromatic carbocycles. The summed E-state index contributed by atoms with van der Waals surface area (Å²) in [5, 5.41) is 25.5. The van der Waals surface area contributed by atoms with Gasteiger partial charge in [0.2, 0.25) is 0 Å². The van der Waals surface area contributed by atoms with Gasteiger partial charge in [0, 0.05) is 22.0 Å². The maximum atomic E-state index is 13.3. The molecule has 11 heteroatoms. The van der Waals surface area contributed by atoms with Crippen molar-refractivity contribution in [3.63, 3.8) is 0 Å². The van der Waals surface area contributed by atoms with Crippen molar-refractivity contribution in [1.82, 2.24) is 9.66 Å². The molecule has 1 heterocycles. The van der Waals surface area contributed by atoms with Gasteiger partial charge in [0.15, 0.2) is 5.75 Å². The Morgan fingerprint density at radius 3 is 2.61 bits per heavy atom. The van der Waals surface area contributed by atoms with Gasteiger partial charge in [-0.05, 0) is 54.4 Å². The van der Waals surface area contributed by atoms with E-state index in [1.807, 2.05) is 19.9 Å². The topological polar surface area (TPSA) is 137 Å². The number of hydrogen-bond acceptors (Lipinski definition) is 7. The third kappa shape index (κ3) is 5.78. The lowest BCUT2D eigenvalue weighted by Crippen LogP contribution is -2.23. The van der Waals surface area contributed by atoms with Crippen molar-refractivity contribution in [2.75, 3.05) is 0 Å². The van der Waals surface area contributed by atoms with Gasteiger partial charge in [-0.3, -0.25) is 14.9 Å². The van der Waals surface area contributed by atoms with Crippen LogP contribution in [0.5, 0.6) is 5.75 Å². The van der Waals surface area contributed by atoms with Gasteiger partial charge in [0.25, 0.3) is 5.56 Å². The van der Waals surface area contributed by atoms with E-state index in [1.165, 1.54) is 35.2 Å². The van der Waals surface area contributed by atoms with E-state index >= 15 is 0 Å². The number of rotatable bonds is 9. The van der Waals surface area contributed by atoms with Gasteiger partial charge in [-0.2, -0.15) is 9.78 Å². The van der Waals surface area contributed by atoms with Gasteiger partial charge < -0.3 is 9.84 Å². The van der Waals surface area contributed by atoms with Crippen LogP contribution in [-0.4, -0.2) is 31.9 Å².